The molecule has 2 nitrogen and oxygen atoms in total. The van der Waals surface area contributed by atoms with Crippen molar-refractivity contribution in [3.63, 3.8) is 0 Å². The van der Waals surface area contributed by atoms with E-state index in [1.807, 2.05) is 0 Å². The molecule has 0 aliphatic heterocycles. The highest BCUT2D eigenvalue weighted by Crippen LogP contribution is 2.14. The zero-order valence-corrected chi connectivity index (χ0v) is 6.93. The zero-order chi connectivity index (χ0) is 10.0. The molecule has 1 aromatic rings. The Kier molecular flexibility index (Phi) is 2.60. The lowest BCUT2D eigenvalue weighted by Crippen LogP contribution is -2.24. The monoisotopic (exact) mass is 185 g/mol. The maximum atomic E-state index is 12.8. The Morgan fingerprint density at radius 1 is 1.38 bits per heavy atom. The fourth-order valence-electron chi connectivity index (χ4n) is 0.967. The predicted molar refractivity (Wildman–Crippen MR) is 39.8 cm³/mol. The van der Waals surface area contributed by atoms with E-state index in [2.05, 4.69) is 0 Å². The van der Waals surface area contributed by atoms with E-state index in [0.717, 1.165) is 12.1 Å². The lowest BCUT2D eigenvalue weighted by Gasteiger charge is -2.05. The maximum absolute atomic E-state index is 12.8. The molecule has 70 valence electrons. The molecule has 13 heavy (non-hydrogen) atoms. The van der Waals surface area contributed by atoms with Crippen molar-refractivity contribution in [1.82, 2.24) is 0 Å². The summed E-state index contributed by atoms with van der Waals surface area (Å²) in [6.07, 6.45) is -0.478. The highest BCUT2D eigenvalue weighted by atomic mass is 19.1. The van der Waals surface area contributed by atoms with Crippen LogP contribution in [0.4, 0.5) is 8.78 Å². The zero-order valence-electron chi connectivity index (χ0n) is 6.93. The Bertz CT molecular complexity index is 324. The summed E-state index contributed by atoms with van der Waals surface area (Å²) in [6, 6.07) is 1.99. The largest absolute Gasteiger partial charge is 0.550 e. The van der Waals surface area contributed by atoms with Gasteiger partial charge in [0.05, 0.1) is 0 Å². The topological polar surface area (TPSA) is 40.1 Å². The second-order valence-corrected chi connectivity index (χ2v) is 2.73. The SMILES string of the molecule is Cc1c(F)cc(CC(=O)[O-])cc1F. The summed E-state index contributed by atoms with van der Waals surface area (Å²) in [7, 11) is 0. The third-order valence-corrected chi connectivity index (χ3v) is 1.69. The number of rotatable bonds is 2. The first-order valence-electron chi connectivity index (χ1n) is 3.65. The van der Waals surface area contributed by atoms with Crippen LogP contribution in [0, 0.1) is 18.6 Å². The summed E-state index contributed by atoms with van der Waals surface area (Å²) < 4.78 is 25.7. The van der Waals surface area contributed by atoms with Crippen LogP contribution in [-0.2, 0) is 11.2 Å². The summed E-state index contributed by atoms with van der Waals surface area (Å²) in [5.74, 6) is -2.84. The molecule has 0 unspecified atom stereocenters. The molecule has 0 N–H and O–H groups in total. The van der Waals surface area contributed by atoms with Crippen LogP contribution in [-0.4, -0.2) is 5.97 Å². The van der Waals surface area contributed by atoms with Gasteiger partial charge in [-0.05, 0) is 24.6 Å². The van der Waals surface area contributed by atoms with Gasteiger partial charge in [-0.25, -0.2) is 8.78 Å². The summed E-state index contributed by atoms with van der Waals surface area (Å²) in [4.78, 5) is 10.1. The normalized spacial score (nSPS) is 10.1. The number of hydrogen-bond donors (Lipinski definition) is 0. The first-order chi connectivity index (χ1) is 6.00. The molecule has 0 aromatic heterocycles. The second-order valence-electron chi connectivity index (χ2n) is 2.73. The first-order valence-corrected chi connectivity index (χ1v) is 3.65. The Hall–Kier alpha value is -1.45. The van der Waals surface area contributed by atoms with Gasteiger partial charge in [-0.2, -0.15) is 0 Å². The molecule has 0 saturated heterocycles. The minimum absolute atomic E-state index is 0.0700. The molecule has 1 rings (SSSR count). The molecular formula is C9H7F2O2-. The molecule has 1 aromatic carbocycles. The van der Waals surface area contributed by atoms with Crippen molar-refractivity contribution in [2.45, 2.75) is 13.3 Å². The molecule has 0 bridgehead atoms. The Balaban J connectivity index is 3.06. The first kappa shape index (κ1) is 9.64. The fraction of sp³-hybridized carbons (Fsp3) is 0.222. The standard InChI is InChI=1S/C9H8F2O2/c1-5-7(10)2-6(3-8(5)11)4-9(12)13/h2-3H,4H2,1H3,(H,12,13)/p-1. The minimum Gasteiger partial charge on any atom is -0.550 e. The van der Waals surface area contributed by atoms with E-state index in [4.69, 9.17) is 0 Å². The molecule has 0 spiro atoms. The number of carbonyl (C=O) groups is 1. The third-order valence-electron chi connectivity index (χ3n) is 1.69. The summed E-state index contributed by atoms with van der Waals surface area (Å²) in [5.41, 5.74) is -0.0392. The van der Waals surface area contributed by atoms with Crippen LogP contribution >= 0.6 is 0 Å². The molecule has 0 atom stereocenters. The van der Waals surface area contributed by atoms with E-state index in [1.165, 1.54) is 6.92 Å². The van der Waals surface area contributed by atoms with Gasteiger partial charge in [0.2, 0.25) is 0 Å². The molecular weight excluding hydrogens is 178 g/mol. The van der Waals surface area contributed by atoms with Crippen LogP contribution in [0.3, 0.4) is 0 Å². The van der Waals surface area contributed by atoms with Crippen LogP contribution in [0.1, 0.15) is 11.1 Å². The van der Waals surface area contributed by atoms with Gasteiger partial charge in [0.15, 0.2) is 0 Å². The average molecular weight is 185 g/mol. The summed E-state index contributed by atoms with van der Waals surface area (Å²) in [6.45, 7) is 1.29. The van der Waals surface area contributed by atoms with Gasteiger partial charge in [0, 0.05) is 18.0 Å². The van der Waals surface area contributed by atoms with Crippen LogP contribution < -0.4 is 5.11 Å². The van der Waals surface area contributed by atoms with Crippen molar-refractivity contribution in [3.05, 3.63) is 34.9 Å². The summed E-state index contributed by atoms with van der Waals surface area (Å²) in [5, 5.41) is 10.1. The van der Waals surface area contributed by atoms with Crippen LogP contribution in [0.5, 0.6) is 0 Å². The highest BCUT2D eigenvalue weighted by molar-refractivity contribution is 5.67. The molecule has 0 aliphatic carbocycles. The molecule has 4 heteroatoms. The van der Waals surface area contributed by atoms with E-state index in [-0.39, 0.29) is 11.1 Å². The van der Waals surface area contributed by atoms with Crippen molar-refractivity contribution in [1.29, 1.82) is 0 Å². The van der Waals surface area contributed by atoms with E-state index in [0.29, 0.717) is 0 Å². The van der Waals surface area contributed by atoms with Crippen molar-refractivity contribution in [3.8, 4) is 0 Å². The maximum Gasteiger partial charge on any atom is 0.129 e. The molecule has 0 radical (unpaired) electrons. The predicted octanol–water partition coefficient (Wildman–Crippen LogP) is 0.566. The molecule has 0 amide bonds. The Morgan fingerprint density at radius 2 is 1.85 bits per heavy atom. The van der Waals surface area contributed by atoms with Gasteiger partial charge < -0.3 is 9.90 Å². The van der Waals surface area contributed by atoms with E-state index >= 15 is 0 Å². The van der Waals surface area contributed by atoms with Crippen LogP contribution in [0.25, 0.3) is 0 Å². The Morgan fingerprint density at radius 3 is 2.23 bits per heavy atom. The van der Waals surface area contributed by atoms with Gasteiger partial charge in [-0.15, -0.1) is 0 Å². The lowest BCUT2D eigenvalue weighted by atomic mass is 10.1. The number of hydrogen-bond acceptors (Lipinski definition) is 2. The molecule has 0 aliphatic rings. The van der Waals surface area contributed by atoms with Gasteiger partial charge in [0.1, 0.15) is 11.6 Å². The number of halogens is 2. The van der Waals surface area contributed by atoms with Gasteiger partial charge >= 0.3 is 0 Å². The number of carboxylic acid groups (broad SMARTS) is 1. The minimum atomic E-state index is -1.36. The molecule has 0 heterocycles. The van der Waals surface area contributed by atoms with E-state index in [1.54, 1.807) is 0 Å². The van der Waals surface area contributed by atoms with Crippen LogP contribution in [0.15, 0.2) is 12.1 Å². The van der Waals surface area contributed by atoms with Crippen molar-refractivity contribution in [2.24, 2.45) is 0 Å². The van der Waals surface area contributed by atoms with Crippen molar-refractivity contribution < 1.29 is 18.7 Å². The average Bonchev–Trinajstić information content (AvgIpc) is 1.98. The van der Waals surface area contributed by atoms with Crippen molar-refractivity contribution >= 4 is 5.97 Å². The lowest BCUT2D eigenvalue weighted by molar-refractivity contribution is -0.304. The number of carboxylic acids is 1. The van der Waals surface area contributed by atoms with E-state index < -0.39 is 24.0 Å². The molecule has 0 fully saturated rings. The number of aliphatic carboxylic acids is 1. The smallest absolute Gasteiger partial charge is 0.129 e. The molecule has 0 saturated carbocycles. The Labute approximate surface area is 73.8 Å². The van der Waals surface area contributed by atoms with Gasteiger partial charge in [-0.1, -0.05) is 0 Å². The number of carbonyl (C=O) groups excluding carboxylic acids is 1. The van der Waals surface area contributed by atoms with Gasteiger partial charge in [0.25, 0.3) is 0 Å². The quantitative estimate of drug-likeness (QED) is 0.675. The van der Waals surface area contributed by atoms with Crippen molar-refractivity contribution in [2.75, 3.05) is 0 Å². The second kappa shape index (κ2) is 3.51. The van der Waals surface area contributed by atoms with E-state index in [9.17, 15) is 18.7 Å². The third kappa shape index (κ3) is 2.24. The van der Waals surface area contributed by atoms with Gasteiger partial charge in [-0.3, -0.25) is 0 Å². The van der Waals surface area contributed by atoms with Crippen LogP contribution in [0.2, 0.25) is 0 Å². The summed E-state index contributed by atoms with van der Waals surface area (Å²) >= 11 is 0. The number of benzene rings is 1. The highest BCUT2D eigenvalue weighted by Gasteiger charge is 2.06. The fourth-order valence-corrected chi connectivity index (χ4v) is 0.967.